The molecule has 4 heteroatoms. The quantitative estimate of drug-likeness (QED) is 0.627. The van der Waals surface area contributed by atoms with Crippen LogP contribution in [0.1, 0.15) is 28.9 Å². The highest BCUT2D eigenvalue weighted by atomic mass is 35.5. The lowest BCUT2D eigenvalue weighted by Crippen LogP contribution is -2.37. The summed E-state index contributed by atoms with van der Waals surface area (Å²) in [6, 6.07) is 23.4. The molecule has 3 aromatic carbocycles. The molecular formula is C20H17ClN2O. The number of hydrogen-bond donors (Lipinski definition) is 3. The Morgan fingerprint density at radius 1 is 0.833 bits per heavy atom. The zero-order valence-corrected chi connectivity index (χ0v) is 13.7. The molecule has 0 aliphatic carbocycles. The van der Waals surface area contributed by atoms with Crippen molar-refractivity contribution in [2.45, 2.75) is 12.2 Å². The van der Waals surface area contributed by atoms with Crippen molar-refractivity contribution in [2.24, 2.45) is 0 Å². The van der Waals surface area contributed by atoms with Gasteiger partial charge in [0, 0.05) is 16.3 Å². The largest absolute Gasteiger partial charge is 0.508 e. The van der Waals surface area contributed by atoms with E-state index < -0.39 is 0 Å². The zero-order chi connectivity index (χ0) is 16.5. The molecule has 3 N–H and O–H groups in total. The summed E-state index contributed by atoms with van der Waals surface area (Å²) in [7, 11) is 0. The van der Waals surface area contributed by atoms with Gasteiger partial charge in [-0.1, -0.05) is 60.1 Å². The third kappa shape index (κ3) is 2.73. The summed E-state index contributed by atoms with van der Waals surface area (Å²) < 4.78 is 0. The van der Waals surface area contributed by atoms with Crippen LogP contribution in [0.3, 0.4) is 0 Å². The van der Waals surface area contributed by atoms with E-state index in [1.54, 1.807) is 6.07 Å². The third-order valence-corrected chi connectivity index (χ3v) is 4.57. The van der Waals surface area contributed by atoms with Crippen molar-refractivity contribution in [3.8, 4) is 5.75 Å². The van der Waals surface area contributed by atoms with Crippen LogP contribution in [0.2, 0.25) is 5.02 Å². The highest BCUT2D eigenvalue weighted by molar-refractivity contribution is 6.30. The second-order valence-corrected chi connectivity index (χ2v) is 6.31. The van der Waals surface area contributed by atoms with Gasteiger partial charge in [-0.15, -0.1) is 0 Å². The summed E-state index contributed by atoms with van der Waals surface area (Å²) in [4.78, 5) is 0. The Balaban J connectivity index is 1.81. The van der Waals surface area contributed by atoms with Gasteiger partial charge in [0.1, 0.15) is 11.9 Å². The first-order chi connectivity index (χ1) is 11.7. The summed E-state index contributed by atoms with van der Waals surface area (Å²) in [5, 5.41) is 18.0. The van der Waals surface area contributed by atoms with Crippen molar-refractivity contribution in [3.05, 3.63) is 94.5 Å². The number of fused-ring (bicyclic) bond motifs is 1. The predicted molar refractivity (Wildman–Crippen MR) is 97.3 cm³/mol. The Hall–Kier alpha value is -2.49. The number of phenols is 1. The molecule has 3 aromatic rings. The lowest BCUT2D eigenvalue weighted by molar-refractivity contribution is 0.442. The van der Waals surface area contributed by atoms with Crippen molar-refractivity contribution >= 4 is 17.3 Å². The van der Waals surface area contributed by atoms with Gasteiger partial charge in [0.25, 0.3) is 0 Å². The Kier molecular flexibility index (Phi) is 3.89. The molecule has 0 radical (unpaired) electrons. The minimum atomic E-state index is -0.190. The van der Waals surface area contributed by atoms with Gasteiger partial charge in [0.2, 0.25) is 0 Å². The lowest BCUT2D eigenvalue weighted by Gasteiger charge is -2.35. The Labute approximate surface area is 145 Å². The molecule has 1 aliphatic heterocycles. The molecule has 0 unspecified atom stereocenters. The molecule has 0 fully saturated rings. The molecular weight excluding hydrogens is 320 g/mol. The maximum atomic E-state index is 10.2. The second-order valence-electron chi connectivity index (χ2n) is 5.88. The summed E-state index contributed by atoms with van der Waals surface area (Å²) in [6.07, 6.45) is -0.190. The van der Waals surface area contributed by atoms with E-state index in [4.69, 9.17) is 11.6 Å². The fraction of sp³-hybridized carbons (Fsp3) is 0.100. The SMILES string of the molecule is Oc1ccccc1[C@H]1Nc2ccc(Cl)cc2[C@H](c2ccccc2)N1. The maximum Gasteiger partial charge on any atom is 0.122 e. The molecule has 0 amide bonds. The Morgan fingerprint density at radius 3 is 2.38 bits per heavy atom. The fourth-order valence-electron chi connectivity index (χ4n) is 3.18. The van der Waals surface area contributed by atoms with Gasteiger partial charge in [-0.05, 0) is 35.4 Å². The van der Waals surface area contributed by atoms with Crippen LogP contribution in [0.5, 0.6) is 5.75 Å². The smallest absolute Gasteiger partial charge is 0.122 e. The van der Waals surface area contributed by atoms with E-state index in [-0.39, 0.29) is 18.0 Å². The van der Waals surface area contributed by atoms with Crippen molar-refractivity contribution in [1.29, 1.82) is 0 Å². The highest BCUT2D eigenvalue weighted by Gasteiger charge is 2.29. The van der Waals surface area contributed by atoms with Crippen LogP contribution in [-0.4, -0.2) is 5.11 Å². The van der Waals surface area contributed by atoms with Crippen LogP contribution >= 0.6 is 11.6 Å². The van der Waals surface area contributed by atoms with Crippen molar-refractivity contribution in [1.82, 2.24) is 5.32 Å². The molecule has 0 saturated carbocycles. The minimum absolute atomic E-state index is 0.00856. The van der Waals surface area contributed by atoms with Gasteiger partial charge in [0.15, 0.2) is 0 Å². The average Bonchev–Trinajstić information content (AvgIpc) is 2.62. The van der Waals surface area contributed by atoms with Gasteiger partial charge in [-0.3, -0.25) is 5.32 Å². The molecule has 1 aliphatic rings. The van der Waals surface area contributed by atoms with E-state index in [1.165, 1.54) is 0 Å². The Morgan fingerprint density at radius 2 is 1.58 bits per heavy atom. The molecule has 120 valence electrons. The summed E-state index contributed by atoms with van der Waals surface area (Å²) in [5.74, 6) is 0.270. The summed E-state index contributed by atoms with van der Waals surface area (Å²) in [5.41, 5.74) is 4.09. The lowest BCUT2D eigenvalue weighted by atomic mass is 9.93. The Bertz CT molecular complexity index is 867. The van der Waals surface area contributed by atoms with Crippen LogP contribution in [0.4, 0.5) is 5.69 Å². The number of aromatic hydroxyl groups is 1. The predicted octanol–water partition coefficient (Wildman–Crippen LogP) is 4.85. The van der Waals surface area contributed by atoms with E-state index in [2.05, 4.69) is 22.8 Å². The highest BCUT2D eigenvalue weighted by Crippen LogP contribution is 2.39. The average molecular weight is 337 g/mol. The molecule has 1 heterocycles. The van der Waals surface area contributed by atoms with Crippen molar-refractivity contribution in [3.63, 3.8) is 0 Å². The van der Waals surface area contributed by atoms with Gasteiger partial charge in [-0.25, -0.2) is 0 Å². The van der Waals surface area contributed by atoms with E-state index in [0.717, 1.165) is 22.4 Å². The normalized spacial score (nSPS) is 19.4. The zero-order valence-electron chi connectivity index (χ0n) is 12.9. The topological polar surface area (TPSA) is 44.3 Å². The van der Waals surface area contributed by atoms with E-state index in [9.17, 15) is 5.11 Å². The van der Waals surface area contributed by atoms with Gasteiger partial charge >= 0.3 is 0 Å². The minimum Gasteiger partial charge on any atom is -0.508 e. The molecule has 24 heavy (non-hydrogen) atoms. The first kappa shape index (κ1) is 15.1. The molecule has 0 saturated heterocycles. The van der Waals surface area contributed by atoms with E-state index >= 15 is 0 Å². The number of rotatable bonds is 2. The number of hydrogen-bond acceptors (Lipinski definition) is 3. The van der Waals surface area contributed by atoms with Crippen molar-refractivity contribution < 1.29 is 5.11 Å². The third-order valence-electron chi connectivity index (χ3n) is 4.34. The number of phenolic OH excluding ortho intramolecular Hbond substituents is 1. The number of halogens is 1. The second kappa shape index (κ2) is 6.19. The number of para-hydroxylation sites is 1. The monoisotopic (exact) mass is 336 g/mol. The summed E-state index contributed by atoms with van der Waals surface area (Å²) >= 11 is 6.21. The van der Waals surface area contributed by atoms with Crippen LogP contribution < -0.4 is 10.6 Å². The maximum absolute atomic E-state index is 10.2. The first-order valence-corrected chi connectivity index (χ1v) is 8.25. The van der Waals surface area contributed by atoms with E-state index in [1.807, 2.05) is 54.6 Å². The molecule has 0 bridgehead atoms. The molecule has 4 rings (SSSR count). The van der Waals surface area contributed by atoms with Crippen LogP contribution in [0, 0.1) is 0 Å². The van der Waals surface area contributed by atoms with Crippen molar-refractivity contribution in [2.75, 3.05) is 5.32 Å². The molecule has 0 spiro atoms. The number of anilines is 1. The van der Waals surface area contributed by atoms with Crippen LogP contribution in [0.15, 0.2) is 72.8 Å². The molecule has 2 atom stereocenters. The van der Waals surface area contributed by atoms with Gasteiger partial charge in [0.05, 0.1) is 6.04 Å². The molecule has 0 aromatic heterocycles. The number of benzene rings is 3. The standard InChI is InChI=1S/C20H17ClN2O/c21-14-10-11-17-16(12-14)19(13-6-2-1-3-7-13)23-20(22-17)15-8-4-5-9-18(15)24/h1-12,19-20,22-24H/t19-,20-/m0/s1. The number of nitrogens with one attached hydrogen (secondary N) is 2. The van der Waals surface area contributed by atoms with Gasteiger partial charge in [-0.2, -0.15) is 0 Å². The van der Waals surface area contributed by atoms with E-state index in [0.29, 0.717) is 5.02 Å². The summed E-state index contributed by atoms with van der Waals surface area (Å²) in [6.45, 7) is 0. The van der Waals surface area contributed by atoms with Crippen LogP contribution in [-0.2, 0) is 0 Å². The van der Waals surface area contributed by atoms with Gasteiger partial charge < -0.3 is 10.4 Å². The fourth-order valence-corrected chi connectivity index (χ4v) is 3.36. The first-order valence-electron chi connectivity index (χ1n) is 7.87. The molecule has 3 nitrogen and oxygen atoms in total. The van der Waals surface area contributed by atoms with Crippen LogP contribution in [0.25, 0.3) is 0 Å².